The molecule has 0 saturated carbocycles. The van der Waals surface area contributed by atoms with E-state index in [4.69, 9.17) is 4.74 Å². The molecular weight excluding hydrogens is 346 g/mol. The molecule has 0 bridgehead atoms. The second-order valence-corrected chi connectivity index (χ2v) is 5.78. The van der Waals surface area contributed by atoms with Gasteiger partial charge in [-0.15, -0.1) is 0 Å². The van der Waals surface area contributed by atoms with Gasteiger partial charge in [-0.3, -0.25) is 14.7 Å². The highest BCUT2D eigenvalue weighted by Gasteiger charge is 2.10. The number of aromatic nitrogens is 3. The number of carbonyl (C=O) groups is 2. The number of rotatable bonds is 8. The van der Waals surface area contributed by atoms with Crippen molar-refractivity contribution in [1.82, 2.24) is 15.2 Å². The molecule has 138 valence electrons. The highest BCUT2D eigenvalue weighted by Crippen LogP contribution is 2.15. The Morgan fingerprint density at radius 2 is 2.11 bits per heavy atom. The largest absolute Gasteiger partial charge is 0.497 e. The highest BCUT2D eigenvalue weighted by molar-refractivity contribution is 6.02. The van der Waals surface area contributed by atoms with Crippen LogP contribution in [0.3, 0.4) is 0 Å². The first-order chi connectivity index (χ1) is 13.2. The fraction of sp³-hybridized carbons (Fsp3) is 0.158. The summed E-state index contributed by atoms with van der Waals surface area (Å²) in [4.78, 5) is 26.6. The molecule has 8 nitrogen and oxygen atoms in total. The van der Waals surface area contributed by atoms with Crippen LogP contribution >= 0.6 is 0 Å². The summed E-state index contributed by atoms with van der Waals surface area (Å²) in [6, 6.07) is 12.8. The monoisotopic (exact) mass is 365 g/mol. The van der Waals surface area contributed by atoms with Gasteiger partial charge in [0, 0.05) is 11.8 Å². The third-order valence-corrected chi connectivity index (χ3v) is 3.91. The smallest absolute Gasteiger partial charge is 0.275 e. The zero-order valence-electron chi connectivity index (χ0n) is 14.7. The summed E-state index contributed by atoms with van der Waals surface area (Å²) in [6.45, 7) is 0. The summed E-state index contributed by atoms with van der Waals surface area (Å²) >= 11 is 0. The van der Waals surface area contributed by atoms with Crippen LogP contribution in [0.15, 0.2) is 48.7 Å². The van der Waals surface area contributed by atoms with Crippen molar-refractivity contribution in [1.29, 1.82) is 0 Å². The quantitative estimate of drug-likeness (QED) is 0.531. The average Bonchev–Trinajstić information content (AvgIpc) is 3.14. The van der Waals surface area contributed by atoms with E-state index in [1.54, 1.807) is 19.2 Å². The lowest BCUT2D eigenvalue weighted by Gasteiger charge is -2.03. The molecular formula is C19H19N5O3. The van der Waals surface area contributed by atoms with Gasteiger partial charge in [-0.05, 0) is 42.7 Å². The van der Waals surface area contributed by atoms with Crippen LogP contribution < -0.4 is 15.4 Å². The molecule has 0 saturated heterocycles. The maximum Gasteiger partial charge on any atom is 0.275 e. The highest BCUT2D eigenvalue weighted by atomic mass is 16.5. The molecule has 1 aromatic carbocycles. The van der Waals surface area contributed by atoms with Gasteiger partial charge in [0.25, 0.3) is 5.91 Å². The van der Waals surface area contributed by atoms with Crippen molar-refractivity contribution in [2.24, 2.45) is 0 Å². The fourth-order valence-corrected chi connectivity index (χ4v) is 2.52. The van der Waals surface area contributed by atoms with Crippen molar-refractivity contribution in [3.63, 3.8) is 0 Å². The number of aryl methyl sites for hydroxylation is 2. The summed E-state index contributed by atoms with van der Waals surface area (Å²) in [5.74, 6) is 0.878. The van der Waals surface area contributed by atoms with Crippen molar-refractivity contribution < 1.29 is 14.3 Å². The maximum absolute atomic E-state index is 12.2. The molecule has 27 heavy (non-hydrogen) atoms. The minimum atomic E-state index is -0.376. The molecule has 3 aromatic rings. The van der Waals surface area contributed by atoms with E-state index in [-0.39, 0.29) is 11.6 Å². The summed E-state index contributed by atoms with van der Waals surface area (Å²) in [5, 5.41) is 12.2. The Balaban J connectivity index is 1.56. The summed E-state index contributed by atoms with van der Waals surface area (Å²) in [5.41, 5.74) is 2.81. The van der Waals surface area contributed by atoms with Gasteiger partial charge < -0.3 is 15.4 Å². The lowest BCUT2D eigenvalue weighted by atomic mass is 10.1. The summed E-state index contributed by atoms with van der Waals surface area (Å²) in [7, 11) is 1.64. The maximum atomic E-state index is 12.2. The van der Waals surface area contributed by atoms with Gasteiger partial charge in [-0.25, -0.2) is 4.98 Å². The van der Waals surface area contributed by atoms with Crippen molar-refractivity contribution in [2.45, 2.75) is 12.8 Å². The van der Waals surface area contributed by atoms with Gasteiger partial charge in [0.05, 0.1) is 19.0 Å². The molecule has 0 radical (unpaired) electrons. The number of carbonyl (C=O) groups excluding carboxylic acids is 2. The summed E-state index contributed by atoms with van der Waals surface area (Å²) in [6.07, 6.45) is 3.53. The van der Waals surface area contributed by atoms with Crippen LogP contribution in [-0.2, 0) is 17.6 Å². The van der Waals surface area contributed by atoms with Gasteiger partial charge >= 0.3 is 0 Å². The van der Waals surface area contributed by atoms with Crippen molar-refractivity contribution in [3.05, 3.63) is 65.6 Å². The number of methoxy groups -OCH3 is 1. The van der Waals surface area contributed by atoms with Gasteiger partial charge in [-0.2, -0.15) is 5.10 Å². The Morgan fingerprint density at radius 1 is 1.22 bits per heavy atom. The van der Waals surface area contributed by atoms with Crippen molar-refractivity contribution in [2.75, 3.05) is 17.7 Å². The van der Waals surface area contributed by atoms with Crippen LogP contribution in [-0.4, -0.2) is 34.6 Å². The van der Waals surface area contributed by atoms with E-state index >= 15 is 0 Å². The van der Waals surface area contributed by atoms with Crippen LogP contribution in [0.25, 0.3) is 0 Å². The van der Waals surface area contributed by atoms with Crippen LogP contribution in [0, 0.1) is 0 Å². The van der Waals surface area contributed by atoms with Crippen LogP contribution in [0.5, 0.6) is 5.75 Å². The molecule has 8 heteroatoms. The number of H-pyrrole nitrogens is 1. The van der Waals surface area contributed by atoms with Gasteiger partial charge in [0.2, 0.25) is 6.41 Å². The topological polar surface area (TPSA) is 109 Å². The molecule has 0 aliphatic carbocycles. The van der Waals surface area contributed by atoms with Crippen molar-refractivity contribution >= 4 is 23.8 Å². The predicted octanol–water partition coefficient (Wildman–Crippen LogP) is 2.42. The van der Waals surface area contributed by atoms with E-state index in [0.717, 1.165) is 29.8 Å². The normalized spacial score (nSPS) is 10.3. The number of pyridine rings is 1. The number of amides is 2. The van der Waals surface area contributed by atoms with E-state index in [0.29, 0.717) is 17.9 Å². The molecule has 2 aromatic heterocycles. The van der Waals surface area contributed by atoms with Crippen LogP contribution in [0.2, 0.25) is 0 Å². The average molecular weight is 365 g/mol. The molecule has 0 fully saturated rings. The number of anilines is 2. The number of benzene rings is 1. The standard InChI is InChI=1S/C19H19N5O3/c1-27-16-4-2-3-13(9-16)5-6-14-10-18(24-23-14)22-19(26)17-8-7-15(11-20-17)21-12-25/h2-4,7-12H,5-6H2,1H3,(H,21,25)(H2,22,23,24,26). The Kier molecular flexibility index (Phi) is 5.78. The van der Waals surface area contributed by atoms with Crippen LogP contribution in [0.1, 0.15) is 21.7 Å². The number of hydrogen-bond acceptors (Lipinski definition) is 5. The molecule has 2 heterocycles. The van der Waals surface area contributed by atoms with Crippen LogP contribution in [0.4, 0.5) is 11.5 Å². The molecule has 2 amide bonds. The van der Waals surface area contributed by atoms with Crippen molar-refractivity contribution in [3.8, 4) is 5.75 Å². The van der Waals surface area contributed by atoms with Gasteiger partial charge in [0.15, 0.2) is 5.82 Å². The molecule has 3 rings (SSSR count). The fourth-order valence-electron chi connectivity index (χ4n) is 2.52. The number of hydrogen-bond donors (Lipinski definition) is 3. The number of nitrogens with one attached hydrogen (secondary N) is 3. The Bertz CT molecular complexity index is 921. The Hall–Kier alpha value is -3.68. The molecule has 0 aliphatic heterocycles. The minimum absolute atomic E-state index is 0.229. The van der Waals surface area contributed by atoms with Gasteiger partial charge in [-0.1, -0.05) is 12.1 Å². The molecule has 0 atom stereocenters. The Morgan fingerprint density at radius 3 is 2.85 bits per heavy atom. The lowest BCUT2D eigenvalue weighted by Crippen LogP contribution is -2.14. The molecule has 0 spiro atoms. The molecule has 0 aliphatic rings. The van der Waals surface area contributed by atoms with Gasteiger partial charge in [0.1, 0.15) is 11.4 Å². The van der Waals surface area contributed by atoms with E-state index < -0.39 is 0 Å². The van der Waals surface area contributed by atoms with E-state index in [1.165, 1.54) is 12.3 Å². The second-order valence-electron chi connectivity index (χ2n) is 5.78. The molecule has 3 N–H and O–H groups in total. The molecule has 0 unspecified atom stereocenters. The second kappa shape index (κ2) is 8.61. The number of nitrogens with zero attached hydrogens (tertiary/aromatic N) is 2. The van der Waals surface area contributed by atoms with E-state index in [1.807, 2.05) is 24.3 Å². The Labute approximate surface area is 156 Å². The minimum Gasteiger partial charge on any atom is -0.497 e. The number of aromatic amines is 1. The SMILES string of the molecule is COc1cccc(CCc2cc(NC(=O)c3ccc(NC=O)cn3)n[nH]2)c1. The van der Waals surface area contributed by atoms with E-state index in [2.05, 4.69) is 25.8 Å². The zero-order valence-corrected chi connectivity index (χ0v) is 14.7. The third-order valence-electron chi connectivity index (χ3n) is 3.91. The first-order valence-electron chi connectivity index (χ1n) is 8.33. The zero-order chi connectivity index (χ0) is 19.1. The first-order valence-corrected chi connectivity index (χ1v) is 8.33. The lowest BCUT2D eigenvalue weighted by molar-refractivity contribution is -0.105. The summed E-state index contributed by atoms with van der Waals surface area (Å²) < 4.78 is 5.22. The van der Waals surface area contributed by atoms with E-state index in [9.17, 15) is 9.59 Å². The predicted molar refractivity (Wildman–Crippen MR) is 101 cm³/mol. The number of ether oxygens (including phenoxy) is 1. The third kappa shape index (κ3) is 4.91. The first kappa shape index (κ1) is 18.1.